The van der Waals surface area contributed by atoms with Gasteiger partial charge in [-0.2, -0.15) is 0 Å². The number of carboxylic acid groups (broad SMARTS) is 1. The van der Waals surface area contributed by atoms with Crippen LogP contribution >= 0.6 is 11.3 Å². The Kier molecular flexibility index (Phi) is 5.27. The van der Waals surface area contributed by atoms with E-state index >= 15 is 0 Å². The first kappa shape index (κ1) is 15.0. The summed E-state index contributed by atoms with van der Waals surface area (Å²) in [5.41, 5.74) is 3.26. The number of aromatic amines is 1. The van der Waals surface area contributed by atoms with Gasteiger partial charge in [0.05, 0.1) is 17.5 Å². The molecule has 21 heavy (non-hydrogen) atoms. The predicted octanol–water partition coefficient (Wildman–Crippen LogP) is 0.404. The van der Waals surface area contributed by atoms with E-state index in [1.165, 1.54) is 23.9 Å². The van der Waals surface area contributed by atoms with Crippen LogP contribution in [0.25, 0.3) is 0 Å². The summed E-state index contributed by atoms with van der Waals surface area (Å²) in [5.74, 6) is -1.10. The average Bonchev–Trinajstić information content (AvgIpc) is 3.10. The predicted molar refractivity (Wildman–Crippen MR) is 76.1 cm³/mol. The number of carbonyl (C=O) groups excluding carboxylic acids is 1. The molecule has 2 aromatic heterocycles. The molecule has 2 heterocycles. The number of amides is 2. The zero-order valence-corrected chi connectivity index (χ0v) is 11.9. The summed E-state index contributed by atoms with van der Waals surface area (Å²) in [6.07, 6.45) is 3.74. The van der Waals surface area contributed by atoms with Gasteiger partial charge >= 0.3 is 12.0 Å². The minimum Gasteiger partial charge on any atom is -0.480 e. The van der Waals surface area contributed by atoms with Crippen molar-refractivity contribution in [3.05, 3.63) is 34.8 Å². The molecule has 0 spiro atoms. The van der Waals surface area contributed by atoms with Crippen molar-refractivity contribution in [1.29, 1.82) is 0 Å². The molecule has 0 bridgehead atoms. The zero-order valence-electron chi connectivity index (χ0n) is 11.1. The molecule has 2 aromatic rings. The van der Waals surface area contributed by atoms with E-state index in [9.17, 15) is 9.59 Å². The number of H-pyrrole nitrogens is 1. The molecule has 0 unspecified atom stereocenters. The fraction of sp³-hybridized carbons (Fsp3) is 0.333. The second-order valence-electron chi connectivity index (χ2n) is 4.30. The van der Waals surface area contributed by atoms with Crippen LogP contribution < -0.4 is 10.6 Å². The van der Waals surface area contributed by atoms with Gasteiger partial charge in [-0.1, -0.05) is 0 Å². The smallest absolute Gasteiger partial charge is 0.326 e. The Labute approximate surface area is 124 Å². The summed E-state index contributed by atoms with van der Waals surface area (Å²) >= 11 is 1.49. The molecule has 1 atom stereocenters. The largest absolute Gasteiger partial charge is 0.480 e. The fourth-order valence-corrected chi connectivity index (χ4v) is 2.28. The lowest BCUT2D eigenvalue weighted by molar-refractivity contribution is -0.139. The van der Waals surface area contributed by atoms with Gasteiger partial charge in [-0.3, -0.25) is 0 Å². The molecule has 112 valence electrons. The van der Waals surface area contributed by atoms with Crippen LogP contribution in [0, 0.1) is 0 Å². The summed E-state index contributed by atoms with van der Waals surface area (Å²) in [5, 5.41) is 16.0. The number of carboxylic acids is 1. The van der Waals surface area contributed by atoms with Crippen LogP contribution in [0.1, 0.15) is 11.4 Å². The van der Waals surface area contributed by atoms with Crippen molar-refractivity contribution < 1.29 is 14.7 Å². The number of rotatable bonds is 7. The van der Waals surface area contributed by atoms with Crippen LogP contribution in [-0.2, 0) is 17.6 Å². The molecule has 0 aliphatic carbocycles. The number of thiazole rings is 1. The Balaban J connectivity index is 1.76. The maximum atomic E-state index is 11.7. The van der Waals surface area contributed by atoms with Crippen LogP contribution in [0.3, 0.4) is 0 Å². The van der Waals surface area contributed by atoms with Gasteiger partial charge in [-0.05, 0) is 0 Å². The highest BCUT2D eigenvalue weighted by Crippen LogP contribution is 2.01. The van der Waals surface area contributed by atoms with Crippen LogP contribution in [0.5, 0.6) is 0 Å². The normalized spacial score (nSPS) is 11.8. The van der Waals surface area contributed by atoms with Gasteiger partial charge in [0.15, 0.2) is 0 Å². The summed E-state index contributed by atoms with van der Waals surface area (Å²) in [6.45, 7) is 0.395. The van der Waals surface area contributed by atoms with Gasteiger partial charge in [0.25, 0.3) is 0 Å². The molecule has 4 N–H and O–H groups in total. The topological polar surface area (TPSA) is 120 Å². The first-order valence-corrected chi connectivity index (χ1v) is 7.21. The molecule has 9 heteroatoms. The van der Waals surface area contributed by atoms with Crippen molar-refractivity contribution in [2.45, 2.75) is 18.9 Å². The van der Waals surface area contributed by atoms with Crippen LogP contribution in [0.15, 0.2) is 23.4 Å². The molecule has 0 aliphatic rings. The SMILES string of the molecule is O=C(NCCc1cscn1)N[C@H](Cc1cnc[nH]1)C(=O)O. The van der Waals surface area contributed by atoms with E-state index in [-0.39, 0.29) is 6.42 Å². The van der Waals surface area contributed by atoms with E-state index in [2.05, 4.69) is 25.6 Å². The minimum atomic E-state index is -1.10. The van der Waals surface area contributed by atoms with E-state index in [0.29, 0.717) is 18.7 Å². The van der Waals surface area contributed by atoms with Gasteiger partial charge in [0, 0.05) is 36.7 Å². The van der Waals surface area contributed by atoms with Gasteiger partial charge < -0.3 is 20.7 Å². The Bertz CT molecular complexity index is 570. The highest BCUT2D eigenvalue weighted by Gasteiger charge is 2.20. The van der Waals surface area contributed by atoms with Gasteiger partial charge in [0.1, 0.15) is 6.04 Å². The molecule has 2 rings (SSSR count). The standard InChI is InChI=1S/C12H15N5O3S/c18-11(19)10(3-9-4-13-6-15-9)17-12(20)14-2-1-8-5-21-7-16-8/h4-7,10H,1-3H2,(H,13,15)(H,18,19)(H2,14,17,20)/t10-/m1/s1. The number of hydrogen-bond donors (Lipinski definition) is 4. The number of imidazole rings is 1. The molecule has 8 nitrogen and oxygen atoms in total. The number of nitrogens with one attached hydrogen (secondary N) is 3. The summed E-state index contributed by atoms with van der Waals surface area (Å²) in [4.78, 5) is 33.5. The molecule has 0 radical (unpaired) electrons. The third kappa shape index (κ3) is 4.88. The molecule has 0 aliphatic heterocycles. The maximum Gasteiger partial charge on any atom is 0.326 e. The number of aliphatic carboxylic acids is 1. The number of nitrogens with zero attached hydrogens (tertiary/aromatic N) is 2. The second kappa shape index (κ2) is 7.39. The van der Waals surface area contributed by atoms with Crippen LogP contribution in [0.2, 0.25) is 0 Å². The molecule has 0 saturated heterocycles. The lowest BCUT2D eigenvalue weighted by Gasteiger charge is -2.14. The number of carbonyl (C=O) groups is 2. The minimum absolute atomic E-state index is 0.148. The first-order valence-electron chi connectivity index (χ1n) is 6.26. The number of aromatic nitrogens is 3. The Morgan fingerprint density at radius 1 is 1.48 bits per heavy atom. The number of urea groups is 1. The van der Waals surface area contributed by atoms with Crippen molar-refractivity contribution in [2.75, 3.05) is 6.54 Å². The maximum absolute atomic E-state index is 11.7. The van der Waals surface area contributed by atoms with Crippen molar-refractivity contribution in [2.24, 2.45) is 0 Å². The monoisotopic (exact) mass is 309 g/mol. The fourth-order valence-electron chi connectivity index (χ4n) is 1.69. The van der Waals surface area contributed by atoms with Gasteiger partial charge in [-0.15, -0.1) is 11.3 Å². The lowest BCUT2D eigenvalue weighted by Crippen LogP contribution is -2.47. The molecule has 2 amide bonds. The first-order chi connectivity index (χ1) is 10.1. The van der Waals surface area contributed by atoms with Gasteiger partial charge in [-0.25, -0.2) is 19.6 Å². The van der Waals surface area contributed by atoms with E-state index in [1.807, 2.05) is 5.38 Å². The van der Waals surface area contributed by atoms with E-state index in [0.717, 1.165) is 5.69 Å². The quantitative estimate of drug-likeness (QED) is 0.590. The number of hydrogen-bond acceptors (Lipinski definition) is 5. The van der Waals surface area contributed by atoms with Crippen molar-refractivity contribution in [3.63, 3.8) is 0 Å². The van der Waals surface area contributed by atoms with Gasteiger partial charge in [0.2, 0.25) is 0 Å². The highest BCUT2D eigenvalue weighted by molar-refractivity contribution is 7.07. The Hall–Kier alpha value is -2.42. The van der Waals surface area contributed by atoms with Crippen molar-refractivity contribution in [3.8, 4) is 0 Å². The van der Waals surface area contributed by atoms with Crippen molar-refractivity contribution in [1.82, 2.24) is 25.6 Å². The Morgan fingerprint density at radius 2 is 2.33 bits per heavy atom. The molecular weight excluding hydrogens is 294 g/mol. The molecule has 0 aromatic carbocycles. The van der Waals surface area contributed by atoms with E-state index in [1.54, 1.807) is 5.51 Å². The zero-order chi connectivity index (χ0) is 15.1. The summed E-state index contributed by atoms with van der Waals surface area (Å²) < 4.78 is 0. The van der Waals surface area contributed by atoms with E-state index < -0.39 is 18.0 Å². The summed E-state index contributed by atoms with van der Waals surface area (Å²) in [7, 11) is 0. The average molecular weight is 309 g/mol. The molecule has 0 fully saturated rings. The highest BCUT2D eigenvalue weighted by atomic mass is 32.1. The van der Waals surface area contributed by atoms with Crippen LogP contribution in [0.4, 0.5) is 4.79 Å². The third-order valence-corrected chi connectivity index (χ3v) is 3.37. The molecule has 0 saturated carbocycles. The van der Waals surface area contributed by atoms with Crippen molar-refractivity contribution >= 4 is 23.3 Å². The van der Waals surface area contributed by atoms with E-state index in [4.69, 9.17) is 5.11 Å². The van der Waals surface area contributed by atoms with Crippen LogP contribution in [-0.4, -0.2) is 44.6 Å². The lowest BCUT2D eigenvalue weighted by atomic mass is 10.2. The Morgan fingerprint density at radius 3 is 2.95 bits per heavy atom. The summed E-state index contributed by atoms with van der Waals surface area (Å²) in [6, 6.07) is -1.53. The molecular formula is C12H15N5O3S. The second-order valence-corrected chi connectivity index (χ2v) is 5.02. The third-order valence-electron chi connectivity index (χ3n) is 2.73.